The molecule has 1 N–H and O–H groups in total. The summed E-state index contributed by atoms with van der Waals surface area (Å²) in [4.78, 5) is 11.6. The Balaban J connectivity index is 1.85. The molecule has 3 rings (SSSR count). The van der Waals surface area contributed by atoms with Gasteiger partial charge >= 0.3 is 6.09 Å². The van der Waals surface area contributed by atoms with Gasteiger partial charge in [-0.15, -0.1) is 0 Å². The average molecular weight is 395 g/mol. The van der Waals surface area contributed by atoms with Crippen LogP contribution >= 0.6 is 11.6 Å². The number of carbonyl (C=O) groups excluding carboxylic acids is 1. The van der Waals surface area contributed by atoms with Crippen LogP contribution in [0.4, 0.5) is 4.79 Å². The van der Waals surface area contributed by atoms with Gasteiger partial charge in [-0.05, 0) is 55.5 Å². The van der Waals surface area contributed by atoms with Gasteiger partial charge in [0.1, 0.15) is 11.5 Å². The van der Waals surface area contributed by atoms with Crippen molar-refractivity contribution in [2.45, 2.75) is 6.92 Å². The van der Waals surface area contributed by atoms with E-state index in [-0.39, 0.29) is 6.61 Å². The van der Waals surface area contributed by atoms with Gasteiger partial charge in [0.05, 0.1) is 12.3 Å². The molecule has 0 aliphatic rings. The predicted octanol–water partition coefficient (Wildman–Crippen LogP) is 5.63. The molecule has 6 heteroatoms. The summed E-state index contributed by atoms with van der Waals surface area (Å²) in [6.45, 7) is 2.00. The number of para-hydroxylation sites is 1. The quantitative estimate of drug-likeness (QED) is 0.435. The van der Waals surface area contributed by atoms with E-state index < -0.39 is 6.09 Å². The van der Waals surface area contributed by atoms with E-state index in [1.165, 1.54) is 0 Å². The SMILES string of the molecule is CCOC(=O)N/N=C(\c1ccc(Cl)cc1)c1ccc(Oc2ccccc2)cc1. The Labute approximate surface area is 168 Å². The number of hydrogen-bond donors (Lipinski definition) is 1. The second kappa shape index (κ2) is 9.58. The van der Waals surface area contributed by atoms with Gasteiger partial charge in [-0.3, -0.25) is 0 Å². The monoisotopic (exact) mass is 394 g/mol. The number of carbonyl (C=O) groups is 1. The lowest BCUT2D eigenvalue weighted by atomic mass is 10.0. The fourth-order valence-corrected chi connectivity index (χ4v) is 2.60. The molecule has 0 fully saturated rings. The highest BCUT2D eigenvalue weighted by atomic mass is 35.5. The maximum absolute atomic E-state index is 11.6. The molecule has 0 heterocycles. The molecule has 0 saturated heterocycles. The summed E-state index contributed by atoms with van der Waals surface area (Å²) >= 11 is 5.98. The molecule has 0 radical (unpaired) electrons. The summed E-state index contributed by atoms with van der Waals surface area (Å²) in [5.74, 6) is 1.45. The highest BCUT2D eigenvalue weighted by Crippen LogP contribution is 2.22. The number of ether oxygens (including phenoxy) is 2. The van der Waals surface area contributed by atoms with Crippen molar-refractivity contribution in [1.29, 1.82) is 0 Å². The third kappa shape index (κ3) is 5.34. The van der Waals surface area contributed by atoms with Gasteiger partial charge in [0.15, 0.2) is 0 Å². The molecular formula is C22H19ClN2O3. The van der Waals surface area contributed by atoms with Crippen molar-refractivity contribution in [3.8, 4) is 11.5 Å². The minimum absolute atomic E-state index is 0.267. The molecule has 0 unspecified atom stereocenters. The first-order chi connectivity index (χ1) is 13.7. The number of hydrogen-bond acceptors (Lipinski definition) is 4. The van der Waals surface area contributed by atoms with E-state index in [4.69, 9.17) is 21.1 Å². The van der Waals surface area contributed by atoms with Gasteiger partial charge in [0, 0.05) is 16.1 Å². The highest BCUT2D eigenvalue weighted by molar-refractivity contribution is 6.30. The van der Waals surface area contributed by atoms with E-state index in [1.807, 2.05) is 66.7 Å². The van der Waals surface area contributed by atoms with Crippen molar-refractivity contribution in [1.82, 2.24) is 5.43 Å². The minimum Gasteiger partial charge on any atom is -0.457 e. The van der Waals surface area contributed by atoms with Crippen LogP contribution in [0.5, 0.6) is 11.5 Å². The molecule has 142 valence electrons. The van der Waals surface area contributed by atoms with Crippen LogP contribution in [0, 0.1) is 0 Å². The predicted molar refractivity (Wildman–Crippen MR) is 110 cm³/mol. The van der Waals surface area contributed by atoms with Crippen LogP contribution in [0.2, 0.25) is 5.02 Å². The van der Waals surface area contributed by atoms with Crippen LogP contribution in [0.15, 0.2) is 84.0 Å². The first-order valence-electron chi connectivity index (χ1n) is 8.75. The summed E-state index contributed by atoms with van der Waals surface area (Å²) in [5, 5.41) is 4.85. The zero-order valence-electron chi connectivity index (χ0n) is 15.3. The van der Waals surface area contributed by atoms with E-state index in [0.29, 0.717) is 16.5 Å². The lowest BCUT2D eigenvalue weighted by molar-refractivity contribution is 0.152. The smallest absolute Gasteiger partial charge is 0.427 e. The summed E-state index contributed by atoms with van der Waals surface area (Å²) in [6, 6.07) is 24.2. The molecule has 0 spiro atoms. The summed E-state index contributed by atoms with van der Waals surface area (Å²) < 4.78 is 10.7. The average Bonchev–Trinajstić information content (AvgIpc) is 2.71. The van der Waals surface area contributed by atoms with E-state index in [9.17, 15) is 4.79 Å². The Bertz CT molecular complexity index is 940. The van der Waals surface area contributed by atoms with Gasteiger partial charge in [-0.2, -0.15) is 5.10 Å². The molecule has 0 aliphatic heterocycles. The van der Waals surface area contributed by atoms with Crippen LogP contribution in [0.25, 0.3) is 0 Å². The number of nitrogens with one attached hydrogen (secondary N) is 1. The van der Waals surface area contributed by atoms with Gasteiger partial charge in [0.2, 0.25) is 0 Å². The topological polar surface area (TPSA) is 59.9 Å². The summed E-state index contributed by atoms with van der Waals surface area (Å²) in [5.41, 5.74) is 4.60. The highest BCUT2D eigenvalue weighted by Gasteiger charge is 2.10. The third-order valence-corrected chi connectivity index (χ3v) is 4.01. The van der Waals surface area contributed by atoms with Crippen molar-refractivity contribution < 1.29 is 14.3 Å². The lowest BCUT2D eigenvalue weighted by Gasteiger charge is -2.10. The number of amides is 1. The summed E-state index contributed by atoms with van der Waals surface area (Å²) in [7, 11) is 0. The molecule has 0 aliphatic carbocycles. The third-order valence-electron chi connectivity index (χ3n) is 3.76. The molecular weight excluding hydrogens is 376 g/mol. The molecule has 1 amide bonds. The first kappa shape index (κ1) is 19.5. The van der Waals surface area contributed by atoms with Crippen molar-refractivity contribution >= 4 is 23.4 Å². The van der Waals surface area contributed by atoms with Gasteiger partial charge in [-0.1, -0.05) is 41.9 Å². The molecule has 28 heavy (non-hydrogen) atoms. The molecule has 3 aromatic rings. The molecule has 0 saturated carbocycles. The zero-order valence-corrected chi connectivity index (χ0v) is 16.0. The number of nitrogens with zero attached hydrogens (tertiary/aromatic N) is 1. The number of benzene rings is 3. The van der Waals surface area contributed by atoms with E-state index in [0.717, 1.165) is 16.9 Å². The Kier molecular flexibility index (Phi) is 6.65. The van der Waals surface area contributed by atoms with Crippen LogP contribution in [0.1, 0.15) is 18.1 Å². The van der Waals surface area contributed by atoms with Gasteiger partial charge in [-0.25, -0.2) is 10.2 Å². The Morgan fingerprint density at radius 3 is 2.07 bits per heavy atom. The van der Waals surface area contributed by atoms with Crippen molar-refractivity contribution in [2.75, 3.05) is 6.61 Å². The molecule has 0 atom stereocenters. The van der Waals surface area contributed by atoms with Crippen LogP contribution in [0.3, 0.4) is 0 Å². The Morgan fingerprint density at radius 2 is 1.46 bits per heavy atom. The Hall–Kier alpha value is -3.31. The van der Waals surface area contributed by atoms with Crippen LogP contribution in [-0.4, -0.2) is 18.4 Å². The second-order valence-corrected chi connectivity index (χ2v) is 6.18. The maximum Gasteiger partial charge on any atom is 0.427 e. The molecule has 0 bridgehead atoms. The van der Waals surface area contributed by atoms with Crippen LogP contribution in [-0.2, 0) is 4.74 Å². The van der Waals surface area contributed by atoms with Crippen molar-refractivity contribution in [2.24, 2.45) is 5.10 Å². The number of hydrazone groups is 1. The fourth-order valence-electron chi connectivity index (χ4n) is 2.47. The largest absolute Gasteiger partial charge is 0.457 e. The summed E-state index contributed by atoms with van der Waals surface area (Å²) in [6.07, 6.45) is -0.613. The van der Waals surface area contributed by atoms with Crippen LogP contribution < -0.4 is 10.2 Å². The van der Waals surface area contributed by atoms with Gasteiger partial charge < -0.3 is 9.47 Å². The van der Waals surface area contributed by atoms with Gasteiger partial charge in [0.25, 0.3) is 0 Å². The zero-order chi connectivity index (χ0) is 19.8. The molecule has 5 nitrogen and oxygen atoms in total. The van der Waals surface area contributed by atoms with E-state index in [1.54, 1.807) is 19.1 Å². The standard InChI is InChI=1S/C22H19ClN2O3/c1-2-27-22(26)25-24-21(16-8-12-18(23)13-9-16)17-10-14-20(15-11-17)28-19-6-4-3-5-7-19/h3-15H,2H2,1H3,(H,25,26)/b24-21+. The first-order valence-corrected chi connectivity index (χ1v) is 9.13. The number of rotatable bonds is 6. The molecule has 3 aromatic carbocycles. The fraction of sp³-hybridized carbons (Fsp3) is 0.0909. The molecule has 0 aromatic heterocycles. The Morgan fingerprint density at radius 1 is 0.893 bits per heavy atom. The number of halogens is 1. The minimum atomic E-state index is -0.613. The van der Waals surface area contributed by atoms with Crippen molar-refractivity contribution in [3.05, 3.63) is 95.0 Å². The van der Waals surface area contributed by atoms with E-state index in [2.05, 4.69) is 10.5 Å². The van der Waals surface area contributed by atoms with Crippen molar-refractivity contribution in [3.63, 3.8) is 0 Å². The second-order valence-electron chi connectivity index (χ2n) is 5.74. The normalized spacial score (nSPS) is 11.0. The van der Waals surface area contributed by atoms with E-state index >= 15 is 0 Å². The maximum atomic E-state index is 11.6. The lowest BCUT2D eigenvalue weighted by Crippen LogP contribution is -2.21.